The number of methoxy groups -OCH3 is 3. The van der Waals surface area contributed by atoms with Crippen LogP contribution < -0.4 is 20.7 Å². The van der Waals surface area contributed by atoms with Crippen LogP contribution in [0.3, 0.4) is 0 Å². The Bertz CT molecular complexity index is 1030. The molecule has 0 radical (unpaired) electrons. The first kappa shape index (κ1) is 26.5. The molecule has 10 nitrogen and oxygen atoms in total. The highest BCUT2D eigenvalue weighted by Gasteiger charge is 2.34. The lowest BCUT2D eigenvalue weighted by atomic mass is 9.96. The number of aromatic nitrogens is 1. The zero-order valence-electron chi connectivity index (χ0n) is 21.0. The van der Waals surface area contributed by atoms with Crippen LogP contribution >= 0.6 is 0 Å². The number of carbonyl (C=O) groups excluding carboxylic acids is 3. The van der Waals surface area contributed by atoms with Gasteiger partial charge in [-0.3, -0.25) is 14.4 Å². The summed E-state index contributed by atoms with van der Waals surface area (Å²) < 4.78 is 16.2. The van der Waals surface area contributed by atoms with Gasteiger partial charge in [0.2, 0.25) is 11.8 Å². The Labute approximate surface area is 205 Å². The van der Waals surface area contributed by atoms with Gasteiger partial charge in [-0.15, -0.1) is 0 Å². The standard InChI is InChI=1S/C25H36N4O6/c1-14(2)11-18(28-24(32)19-13-16-17(27-19)7-6-8-21(16)33-3)23(31)29-20(25(34-4)35-5)12-15-9-10-26-22(15)30/h6-8,13-15,18,20,25,27H,9-12H2,1-5H3,(H,26,30)(H,28,32)(H,29,31)/t15-,18-,20-/m0/s1. The number of aromatic amines is 1. The van der Waals surface area contributed by atoms with E-state index >= 15 is 0 Å². The normalized spacial score (nSPS) is 17.5. The summed E-state index contributed by atoms with van der Waals surface area (Å²) in [5, 5.41) is 9.41. The summed E-state index contributed by atoms with van der Waals surface area (Å²) in [5.74, 6) is -0.245. The van der Waals surface area contributed by atoms with Crippen molar-refractivity contribution in [1.29, 1.82) is 0 Å². The van der Waals surface area contributed by atoms with Crippen molar-refractivity contribution in [3.8, 4) is 5.75 Å². The lowest BCUT2D eigenvalue weighted by Gasteiger charge is -2.29. The topological polar surface area (TPSA) is 131 Å². The molecule has 3 amide bonds. The van der Waals surface area contributed by atoms with E-state index < -0.39 is 24.3 Å². The molecule has 1 aliphatic heterocycles. The molecule has 2 aromatic rings. The van der Waals surface area contributed by atoms with Gasteiger partial charge in [0.05, 0.1) is 13.2 Å². The summed E-state index contributed by atoms with van der Waals surface area (Å²) in [7, 11) is 4.54. The van der Waals surface area contributed by atoms with Crippen LogP contribution in [0, 0.1) is 11.8 Å². The Morgan fingerprint density at radius 2 is 1.89 bits per heavy atom. The smallest absolute Gasteiger partial charge is 0.268 e. The van der Waals surface area contributed by atoms with Crippen LogP contribution in [0.5, 0.6) is 5.75 Å². The second kappa shape index (κ2) is 12.0. The Morgan fingerprint density at radius 3 is 2.49 bits per heavy atom. The van der Waals surface area contributed by atoms with Crippen molar-refractivity contribution in [1.82, 2.24) is 20.9 Å². The van der Waals surface area contributed by atoms with Gasteiger partial charge in [0, 0.05) is 37.6 Å². The molecule has 192 valence electrons. The number of H-pyrrole nitrogens is 1. The van der Waals surface area contributed by atoms with Gasteiger partial charge in [0.15, 0.2) is 6.29 Å². The second-order valence-corrected chi connectivity index (χ2v) is 9.23. The fourth-order valence-electron chi connectivity index (χ4n) is 4.49. The van der Waals surface area contributed by atoms with Crippen LogP contribution in [-0.4, -0.2) is 69.0 Å². The number of rotatable bonds is 12. The molecule has 0 bridgehead atoms. The summed E-state index contributed by atoms with van der Waals surface area (Å²) >= 11 is 0. The number of hydrogen-bond donors (Lipinski definition) is 4. The first-order valence-corrected chi connectivity index (χ1v) is 11.9. The predicted molar refractivity (Wildman–Crippen MR) is 131 cm³/mol. The molecule has 2 heterocycles. The van der Waals surface area contributed by atoms with E-state index in [9.17, 15) is 14.4 Å². The largest absolute Gasteiger partial charge is 0.496 e. The first-order valence-electron chi connectivity index (χ1n) is 11.9. The van der Waals surface area contributed by atoms with Gasteiger partial charge < -0.3 is 35.1 Å². The van der Waals surface area contributed by atoms with E-state index in [0.29, 0.717) is 37.3 Å². The van der Waals surface area contributed by atoms with Crippen molar-refractivity contribution < 1.29 is 28.6 Å². The zero-order valence-corrected chi connectivity index (χ0v) is 21.0. The lowest BCUT2D eigenvalue weighted by Crippen LogP contribution is -2.54. The van der Waals surface area contributed by atoms with E-state index in [1.165, 1.54) is 14.2 Å². The highest BCUT2D eigenvalue weighted by atomic mass is 16.7. The molecule has 0 saturated carbocycles. The lowest BCUT2D eigenvalue weighted by molar-refractivity contribution is -0.142. The second-order valence-electron chi connectivity index (χ2n) is 9.23. The SMILES string of the molecule is COc1cccc2[nH]c(C(=O)N[C@@H](CC(C)C)C(=O)N[C@@H](C[C@@H]3CCNC3=O)C(OC)OC)cc12. The van der Waals surface area contributed by atoms with Gasteiger partial charge in [-0.1, -0.05) is 19.9 Å². The Kier molecular flexibility index (Phi) is 9.11. The molecule has 10 heteroatoms. The maximum absolute atomic E-state index is 13.4. The molecular weight excluding hydrogens is 452 g/mol. The van der Waals surface area contributed by atoms with E-state index in [1.807, 2.05) is 32.0 Å². The zero-order chi connectivity index (χ0) is 25.5. The van der Waals surface area contributed by atoms with Gasteiger partial charge in [-0.05, 0) is 43.4 Å². The molecule has 0 aliphatic carbocycles. The third-order valence-corrected chi connectivity index (χ3v) is 6.24. The Hall–Kier alpha value is -3.11. The summed E-state index contributed by atoms with van der Waals surface area (Å²) in [6.07, 6.45) is 0.751. The van der Waals surface area contributed by atoms with Gasteiger partial charge in [0.25, 0.3) is 5.91 Å². The van der Waals surface area contributed by atoms with Crippen LogP contribution in [0.25, 0.3) is 10.9 Å². The molecule has 1 fully saturated rings. The molecule has 1 aliphatic rings. The monoisotopic (exact) mass is 488 g/mol. The van der Waals surface area contributed by atoms with E-state index in [2.05, 4.69) is 20.9 Å². The van der Waals surface area contributed by atoms with Crippen LogP contribution in [0.1, 0.15) is 43.6 Å². The van der Waals surface area contributed by atoms with E-state index in [0.717, 1.165) is 10.9 Å². The van der Waals surface area contributed by atoms with Crippen molar-refractivity contribution in [2.45, 2.75) is 51.5 Å². The van der Waals surface area contributed by atoms with Gasteiger partial charge in [-0.2, -0.15) is 0 Å². The Morgan fingerprint density at radius 1 is 1.14 bits per heavy atom. The number of hydrogen-bond acceptors (Lipinski definition) is 6. The van der Waals surface area contributed by atoms with Gasteiger partial charge in [0.1, 0.15) is 17.5 Å². The van der Waals surface area contributed by atoms with Crippen LogP contribution in [-0.2, 0) is 19.1 Å². The molecular formula is C25H36N4O6. The van der Waals surface area contributed by atoms with E-state index in [4.69, 9.17) is 14.2 Å². The molecule has 1 aromatic heterocycles. The molecule has 3 rings (SSSR count). The maximum atomic E-state index is 13.4. The highest BCUT2D eigenvalue weighted by Crippen LogP contribution is 2.26. The average molecular weight is 489 g/mol. The first-order chi connectivity index (χ1) is 16.8. The maximum Gasteiger partial charge on any atom is 0.268 e. The van der Waals surface area contributed by atoms with Crippen molar-refractivity contribution in [2.24, 2.45) is 11.8 Å². The van der Waals surface area contributed by atoms with Crippen LogP contribution in [0.4, 0.5) is 0 Å². The molecule has 4 N–H and O–H groups in total. The fourth-order valence-corrected chi connectivity index (χ4v) is 4.49. The average Bonchev–Trinajstić information content (AvgIpc) is 3.45. The van der Waals surface area contributed by atoms with Crippen molar-refractivity contribution in [2.75, 3.05) is 27.9 Å². The minimum Gasteiger partial charge on any atom is -0.496 e. The molecule has 3 atom stereocenters. The van der Waals surface area contributed by atoms with Crippen molar-refractivity contribution in [3.63, 3.8) is 0 Å². The van der Waals surface area contributed by atoms with E-state index in [-0.39, 0.29) is 23.7 Å². The van der Waals surface area contributed by atoms with Crippen LogP contribution in [0.2, 0.25) is 0 Å². The number of amides is 3. The Balaban J connectivity index is 1.77. The van der Waals surface area contributed by atoms with Crippen LogP contribution in [0.15, 0.2) is 24.3 Å². The quantitative estimate of drug-likeness (QED) is 0.338. The number of benzene rings is 1. The van der Waals surface area contributed by atoms with Crippen molar-refractivity contribution in [3.05, 3.63) is 30.0 Å². The molecule has 1 saturated heterocycles. The third kappa shape index (κ3) is 6.52. The fraction of sp³-hybridized carbons (Fsp3) is 0.560. The highest BCUT2D eigenvalue weighted by molar-refractivity contribution is 6.01. The minimum atomic E-state index is -0.787. The summed E-state index contributed by atoms with van der Waals surface area (Å²) in [6.45, 7) is 4.57. The molecule has 0 unspecified atom stereocenters. The predicted octanol–water partition coefficient (Wildman–Crippen LogP) is 1.95. The number of nitrogens with one attached hydrogen (secondary N) is 4. The number of fused-ring (bicyclic) bond motifs is 1. The number of ether oxygens (including phenoxy) is 3. The molecule has 0 spiro atoms. The van der Waals surface area contributed by atoms with Crippen molar-refractivity contribution >= 4 is 28.6 Å². The summed E-state index contributed by atoms with van der Waals surface area (Å²) in [5.41, 5.74) is 1.09. The van der Waals surface area contributed by atoms with E-state index in [1.54, 1.807) is 13.2 Å². The summed E-state index contributed by atoms with van der Waals surface area (Å²) in [6, 6.07) is 5.87. The molecule has 1 aromatic carbocycles. The molecule has 35 heavy (non-hydrogen) atoms. The summed E-state index contributed by atoms with van der Waals surface area (Å²) in [4.78, 5) is 41.7. The van der Waals surface area contributed by atoms with Gasteiger partial charge >= 0.3 is 0 Å². The third-order valence-electron chi connectivity index (χ3n) is 6.24. The van der Waals surface area contributed by atoms with Gasteiger partial charge in [-0.25, -0.2) is 0 Å². The minimum absolute atomic E-state index is 0.0449. The number of carbonyl (C=O) groups is 3.